The number of amides is 1. The van der Waals surface area contributed by atoms with Crippen molar-refractivity contribution in [2.45, 2.75) is 32.2 Å². The molecule has 0 radical (unpaired) electrons. The second-order valence-corrected chi connectivity index (χ2v) is 8.87. The fourth-order valence-electron chi connectivity index (χ4n) is 2.96. The Morgan fingerprint density at radius 1 is 1.28 bits per heavy atom. The largest absolute Gasteiger partial charge is 0.480 e. The van der Waals surface area contributed by atoms with Crippen LogP contribution in [0.5, 0.6) is 0 Å². The highest BCUT2D eigenvalue weighted by Crippen LogP contribution is 2.41. The van der Waals surface area contributed by atoms with E-state index in [1.807, 2.05) is 58.3 Å². The Morgan fingerprint density at radius 3 is 2.55 bits per heavy atom. The molecule has 0 fully saturated rings. The van der Waals surface area contributed by atoms with E-state index >= 15 is 0 Å². The van der Waals surface area contributed by atoms with E-state index in [4.69, 9.17) is 11.6 Å². The minimum absolute atomic E-state index is 0.130. The molecule has 0 saturated heterocycles. The van der Waals surface area contributed by atoms with Crippen molar-refractivity contribution in [3.8, 4) is 0 Å². The highest BCUT2D eigenvalue weighted by Gasteiger charge is 2.20. The number of nitrogens with zero attached hydrogens (tertiary/aromatic N) is 2. The van der Waals surface area contributed by atoms with Gasteiger partial charge in [-0.2, -0.15) is 0 Å². The van der Waals surface area contributed by atoms with Crippen molar-refractivity contribution in [2.75, 3.05) is 26.0 Å². The lowest BCUT2D eigenvalue weighted by Gasteiger charge is -2.12. The van der Waals surface area contributed by atoms with E-state index in [1.165, 1.54) is 11.8 Å². The molecule has 8 heteroatoms. The number of carboxylic acid groups (broad SMARTS) is 1. The van der Waals surface area contributed by atoms with Gasteiger partial charge in [0.05, 0.1) is 17.7 Å². The van der Waals surface area contributed by atoms with E-state index in [1.54, 1.807) is 16.4 Å². The standard InChI is InChI=1S/C21H26ClN3O3S/c1-13(22)9-10-14(2)29-21-15(3)25(12-19(27)28)17-8-6-7-16(20(17)21)23-18(26)11-24(4)5/h6-10H,11-12H2,1-5H3,(H,23,26)(H,27,28)/b13-9+,14-10+. The molecular weight excluding hydrogens is 410 g/mol. The Hall–Kier alpha value is -2.22. The van der Waals surface area contributed by atoms with Crippen molar-refractivity contribution in [1.82, 2.24) is 9.47 Å². The van der Waals surface area contributed by atoms with Crippen LogP contribution in [0, 0.1) is 6.92 Å². The Morgan fingerprint density at radius 2 is 1.97 bits per heavy atom. The lowest BCUT2D eigenvalue weighted by atomic mass is 10.2. The molecule has 2 aromatic rings. The molecule has 6 nitrogen and oxygen atoms in total. The molecular formula is C21H26ClN3O3S. The summed E-state index contributed by atoms with van der Waals surface area (Å²) in [5, 5.41) is 13.8. The van der Waals surface area contributed by atoms with Gasteiger partial charge in [0.1, 0.15) is 6.54 Å². The van der Waals surface area contributed by atoms with E-state index in [2.05, 4.69) is 5.32 Å². The molecule has 0 bridgehead atoms. The summed E-state index contributed by atoms with van der Waals surface area (Å²) in [5.41, 5.74) is 2.27. The maximum Gasteiger partial charge on any atom is 0.323 e. The zero-order valence-corrected chi connectivity index (χ0v) is 18.8. The van der Waals surface area contributed by atoms with E-state index in [9.17, 15) is 14.7 Å². The summed E-state index contributed by atoms with van der Waals surface area (Å²) in [7, 11) is 3.66. The minimum Gasteiger partial charge on any atom is -0.480 e. The van der Waals surface area contributed by atoms with E-state index in [0.717, 1.165) is 26.4 Å². The van der Waals surface area contributed by atoms with Gasteiger partial charge in [-0.1, -0.05) is 35.5 Å². The van der Waals surface area contributed by atoms with Gasteiger partial charge < -0.3 is 19.9 Å². The van der Waals surface area contributed by atoms with Crippen LogP contribution in [-0.2, 0) is 16.1 Å². The maximum absolute atomic E-state index is 12.4. The van der Waals surface area contributed by atoms with Gasteiger partial charge in [0.25, 0.3) is 0 Å². The summed E-state index contributed by atoms with van der Waals surface area (Å²) in [6.07, 6.45) is 3.73. The molecule has 0 aliphatic rings. The molecule has 0 unspecified atom stereocenters. The number of hydrogen-bond acceptors (Lipinski definition) is 4. The summed E-state index contributed by atoms with van der Waals surface area (Å²) in [5.74, 6) is -1.05. The molecule has 156 valence electrons. The highest BCUT2D eigenvalue weighted by molar-refractivity contribution is 8.03. The summed E-state index contributed by atoms with van der Waals surface area (Å²) in [6, 6.07) is 5.54. The van der Waals surface area contributed by atoms with E-state index in [0.29, 0.717) is 10.7 Å². The fourth-order valence-corrected chi connectivity index (χ4v) is 4.06. The summed E-state index contributed by atoms with van der Waals surface area (Å²) in [6.45, 7) is 5.77. The third kappa shape index (κ3) is 6.13. The molecule has 2 rings (SSSR count). The number of aromatic nitrogens is 1. The molecule has 29 heavy (non-hydrogen) atoms. The average molecular weight is 436 g/mol. The quantitative estimate of drug-likeness (QED) is 0.465. The van der Waals surface area contributed by atoms with E-state index in [-0.39, 0.29) is 19.0 Å². The van der Waals surface area contributed by atoms with Crippen LogP contribution in [0.15, 0.2) is 45.2 Å². The minimum atomic E-state index is -0.920. The number of rotatable bonds is 8. The van der Waals surface area contributed by atoms with Crippen LogP contribution in [0.25, 0.3) is 10.9 Å². The van der Waals surface area contributed by atoms with Crippen LogP contribution in [0.4, 0.5) is 5.69 Å². The van der Waals surface area contributed by atoms with Gasteiger partial charge in [-0.15, -0.1) is 0 Å². The van der Waals surface area contributed by atoms with Gasteiger partial charge in [-0.25, -0.2) is 0 Å². The maximum atomic E-state index is 12.4. The van der Waals surface area contributed by atoms with Crippen LogP contribution in [0.3, 0.4) is 0 Å². The van der Waals surface area contributed by atoms with Crippen molar-refractivity contribution < 1.29 is 14.7 Å². The normalized spacial score (nSPS) is 12.7. The van der Waals surface area contributed by atoms with Crippen molar-refractivity contribution in [2.24, 2.45) is 0 Å². The third-order valence-electron chi connectivity index (χ3n) is 4.13. The molecule has 0 aliphatic carbocycles. The Bertz CT molecular complexity index is 989. The molecule has 0 spiro atoms. The first-order chi connectivity index (χ1) is 13.6. The van der Waals surface area contributed by atoms with Crippen molar-refractivity contribution in [3.63, 3.8) is 0 Å². The molecule has 1 heterocycles. The molecule has 1 aromatic heterocycles. The van der Waals surface area contributed by atoms with Crippen LogP contribution in [0.1, 0.15) is 19.5 Å². The van der Waals surface area contributed by atoms with Crippen molar-refractivity contribution >= 4 is 51.8 Å². The molecule has 0 aliphatic heterocycles. The zero-order chi connectivity index (χ0) is 21.7. The number of thioether (sulfide) groups is 1. The van der Waals surface area contributed by atoms with Gasteiger partial charge in [0.15, 0.2) is 0 Å². The first-order valence-electron chi connectivity index (χ1n) is 9.06. The van der Waals surface area contributed by atoms with Gasteiger partial charge in [0.2, 0.25) is 5.91 Å². The number of allylic oxidation sites excluding steroid dienone is 4. The first kappa shape index (κ1) is 23.1. The number of carbonyl (C=O) groups is 2. The fraction of sp³-hybridized carbons (Fsp3) is 0.333. The lowest BCUT2D eigenvalue weighted by Crippen LogP contribution is -2.27. The van der Waals surface area contributed by atoms with E-state index < -0.39 is 5.97 Å². The van der Waals surface area contributed by atoms with Crippen LogP contribution in [-0.4, -0.2) is 47.1 Å². The number of fused-ring (bicyclic) bond motifs is 1. The average Bonchev–Trinajstić information content (AvgIpc) is 2.85. The van der Waals surface area contributed by atoms with Gasteiger partial charge in [0, 0.05) is 21.0 Å². The number of nitrogens with one attached hydrogen (secondary N) is 1. The number of hydrogen-bond donors (Lipinski definition) is 2. The molecule has 0 atom stereocenters. The smallest absolute Gasteiger partial charge is 0.323 e. The summed E-state index contributed by atoms with van der Waals surface area (Å²) in [4.78, 5) is 27.5. The van der Waals surface area contributed by atoms with Crippen LogP contribution < -0.4 is 5.32 Å². The van der Waals surface area contributed by atoms with Crippen molar-refractivity contribution in [1.29, 1.82) is 0 Å². The Labute approximate surface area is 180 Å². The molecule has 0 saturated carbocycles. The zero-order valence-electron chi connectivity index (χ0n) is 17.2. The summed E-state index contributed by atoms with van der Waals surface area (Å²) >= 11 is 7.45. The number of anilines is 1. The van der Waals surface area contributed by atoms with Gasteiger partial charge in [-0.3, -0.25) is 9.59 Å². The number of aliphatic carboxylic acids is 1. The Balaban J connectivity index is 2.61. The molecule has 1 amide bonds. The van der Waals surface area contributed by atoms with Crippen molar-refractivity contribution in [3.05, 3.63) is 46.0 Å². The van der Waals surface area contributed by atoms with Crippen LogP contribution in [0.2, 0.25) is 0 Å². The topological polar surface area (TPSA) is 74.6 Å². The van der Waals surface area contributed by atoms with Gasteiger partial charge in [-0.05, 0) is 58.0 Å². The number of carboxylic acids is 1. The molecule has 1 aromatic carbocycles. The monoisotopic (exact) mass is 435 g/mol. The third-order valence-corrected chi connectivity index (χ3v) is 5.42. The van der Waals surface area contributed by atoms with Crippen LogP contribution >= 0.6 is 23.4 Å². The summed E-state index contributed by atoms with van der Waals surface area (Å²) < 4.78 is 1.76. The Kier molecular flexibility index (Phi) is 7.96. The first-order valence-corrected chi connectivity index (χ1v) is 10.3. The van der Waals surface area contributed by atoms with Gasteiger partial charge >= 0.3 is 5.97 Å². The molecule has 2 N–H and O–H groups in total. The SMILES string of the molecule is C/C(Cl)=C\C=C(/C)Sc1c(C)n(CC(=O)O)c2cccc(NC(=O)CN(C)C)c12. The predicted molar refractivity (Wildman–Crippen MR) is 121 cm³/mol. The highest BCUT2D eigenvalue weighted by atomic mass is 35.5. The number of likely N-dealkylation sites (N-methyl/N-ethyl adjacent to an activating group) is 1. The number of carbonyl (C=O) groups excluding carboxylic acids is 1. The second-order valence-electron chi connectivity index (χ2n) is 7.01. The number of benzene rings is 1. The second kappa shape index (κ2) is 10.0. The number of halogens is 1. The predicted octanol–water partition coefficient (Wildman–Crippen LogP) is 4.67. The lowest BCUT2D eigenvalue weighted by molar-refractivity contribution is -0.137.